The van der Waals surface area contributed by atoms with Crippen molar-refractivity contribution in [1.82, 2.24) is 4.90 Å². The van der Waals surface area contributed by atoms with E-state index < -0.39 is 5.60 Å². The van der Waals surface area contributed by atoms with Crippen LogP contribution < -0.4 is 0 Å². The Balaban J connectivity index is 1.62. The summed E-state index contributed by atoms with van der Waals surface area (Å²) in [6, 6.07) is 23.5. The summed E-state index contributed by atoms with van der Waals surface area (Å²) in [6.07, 6.45) is -0.252. The second kappa shape index (κ2) is 7.40. The second-order valence-corrected chi connectivity index (χ2v) is 8.66. The maximum Gasteiger partial charge on any atom is 0.410 e. The number of ether oxygens (including phenoxy) is 1. The Morgan fingerprint density at radius 2 is 1.48 bits per heavy atom. The number of fused-ring (bicyclic) bond motifs is 1. The second-order valence-electron chi connectivity index (χ2n) is 8.66. The van der Waals surface area contributed by atoms with E-state index in [0.29, 0.717) is 13.1 Å². The molecule has 0 aromatic heterocycles. The molecule has 3 aromatic rings. The molecule has 0 unspecified atom stereocenters. The minimum atomic E-state index is -0.480. The molecule has 148 valence electrons. The van der Waals surface area contributed by atoms with Crippen LogP contribution in [0.5, 0.6) is 0 Å². The van der Waals surface area contributed by atoms with Crippen LogP contribution in [0.1, 0.15) is 37.5 Å². The maximum absolute atomic E-state index is 12.4. The fourth-order valence-electron chi connectivity index (χ4n) is 3.90. The number of rotatable bonds is 2. The SMILES string of the molecule is Cc1c(-c2ccccc2)cccc1-c1ccc2c(c1)CN(C(=O)OC(C)(C)C)C2. The zero-order valence-corrected chi connectivity index (χ0v) is 17.5. The summed E-state index contributed by atoms with van der Waals surface area (Å²) in [5.74, 6) is 0. The van der Waals surface area contributed by atoms with Crippen LogP contribution in [-0.4, -0.2) is 16.6 Å². The molecule has 4 rings (SSSR count). The summed E-state index contributed by atoms with van der Waals surface area (Å²) in [6.45, 7) is 9.07. The summed E-state index contributed by atoms with van der Waals surface area (Å²) in [5.41, 5.74) is 8.06. The molecular weight excluding hydrogens is 358 g/mol. The smallest absolute Gasteiger partial charge is 0.410 e. The van der Waals surface area contributed by atoms with Crippen LogP contribution in [0.25, 0.3) is 22.3 Å². The van der Waals surface area contributed by atoms with Crippen molar-refractivity contribution in [2.75, 3.05) is 0 Å². The molecule has 1 aliphatic rings. The Morgan fingerprint density at radius 3 is 2.17 bits per heavy atom. The predicted molar refractivity (Wildman–Crippen MR) is 118 cm³/mol. The summed E-state index contributed by atoms with van der Waals surface area (Å²) in [7, 11) is 0. The van der Waals surface area contributed by atoms with Crippen molar-refractivity contribution in [2.45, 2.75) is 46.4 Å². The van der Waals surface area contributed by atoms with Crippen LogP contribution in [0.3, 0.4) is 0 Å². The van der Waals surface area contributed by atoms with Gasteiger partial charge in [-0.15, -0.1) is 0 Å². The summed E-state index contributed by atoms with van der Waals surface area (Å²) < 4.78 is 5.54. The number of carbonyl (C=O) groups is 1. The van der Waals surface area contributed by atoms with Crippen molar-refractivity contribution in [3.63, 3.8) is 0 Å². The van der Waals surface area contributed by atoms with E-state index in [9.17, 15) is 4.79 Å². The van der Waals surface area contributed by atoms with Crippen molar-refractivity contribution in [2.24, 2.45) is 0 Å². The Labute approximate surface area is 172 Å². The molecule has 1 heterocycles. The molecule has 1 aliphatic heterocycles. The largest absolute Gasteiger partial charge is 0.444 e. The minimum Gasteiger partial charge on any atom is -0.444 e. The van der Waals surface area contributed by atoms with Gasteiger partial charge in [0.05, 0.1) is 0 Å². The molecule has 0 radical (unpaired) electrons. The van der Waals surface area contributed by atoms with Gasteiger partial charge in [0.25, 0.3) is 0 Å². The van der Waals surface area contributed by atoms with Gasteiger partial charge >= 0.3 is 6.09 Å². The standard InChI is InChI=1S/C26H27NO2/c1-18-23(19-9-6-5-7-10-19)11-8-12-24(18)20-13-14-21-16-27(17-22(21)15-20)25(28)29-26(2,3)4/h5-15H,16-17H2,1-4H3. The minimum absolute atomic E-state index is 0.252. The first kappa shape index (κ1) is 19.3. The summed E-state index contributed by atoms with van der Waals surface area (Å²) in [4.78, 5) is 14.2. The molecule has 29 heavy (non-hydrogen) atoms. The molecule has 0 bridgehead atoms. The van der Waals surface area contributed by atoms with Crippen LogP contribution >= 0.6 is 0 Å². The number of carbonyl (C=O) groups excluding carboxylic acids is 1. The van der Waals surface area contributed by atoms with Gasteiger partial charge in [-0.1, -0.05) is 60.7 Å². The van der Waals surface area contributed by atoms with Crippen molar-refractivity contribution >= 4 is 6.09 Å². The first-order valence-electron chi connectivity index (χ1n) is 10.1. The van der Waals surface area contributed by atoms with Gasteiger partial charge < -0.3 is 4.74 Å². The van der Waals surface area contributed by atoms with E-state index in [2.05, 4.69) is 67.6 Å². The Morgan fingerprint density at radius 1 is 0.828 bits per heavy atom. The lowest BCUT2D eigenvalue weighted by Crippen LogP contribution is -2.33. The molecule has 0 saturated carbocycles. The van der Waals surface area contributed by atoms with Crippen LogP contribution in [0.2, 0.25) is 0 Å². The maximum atomic E-state index is 12.4. The number of nitrogens with zero attached hydrogens (tertiary/aromatic N) is 1. The summed E-state index contributed by atoms with van der Waals surface area (Å²) in [5, 5.41) is 0. The van der Waals surface area contributed by atoms with Gasteiger partial charge in [-0.25, -0.2) is 4.79 Å². The molecule has 3 aromatic carbocycles. The normalized spacial score (nSPS) is 13.3. The van der Waals surface area contributed by atoms with Gasteiger partial charge in [0.15, 0.2) is 0 Å². The molecule has 3 heteroatoms. The molecule has 3 nitrogen and oxygen atoms in total. The van der Waals surface area contributed by atoms with E-state index in [-0.39, 0.29) is 6.09 Å². The first-order chi connectivity index (χ1) is 13.8. The zero-order valence-electron chi connectivity index (χ0n) is 17.5. The van der Waals surface area contributed by atoms with E-state index in [1.54, 1.807) is 4.90 Å². The van der Waals surface area contributed by atoms with Gasteiger partial charge in [0.1, 0.15) is 5.60 Å². The van der Waals surface area contributed by atoms with Crippen molar-refractivity contribution in [1.29, 1.82) is 0 Å². The van der Waals surface area contributed by atoms with Gasteiger partial charge in [0.2, 0.25) is 0 Å². The Hall–Kier alpha value is -3.07. The molecule has 1 amide bonds. The van der Waals surface area contributed by atoms with Crippen LogP contribution in [0.4, 0.5) is 4.79 Å². The monoisotopic (exact) mass is 385 g/mol. The fraction of sp³-hybridized carbons (Fsp3) is 0.269. The van der Waals surface area contributed by atoms with Crippen LogP contribution in [0, 0.1) is 6.92 Å². The van der Waals surface area contributed by atoms with E-state index >= 15 is 0 Å². The number of hydrogen-bond acceptors (Lipinski definition) is 2. The lowest BCUT2D eigenvalue weighted by molar-refractivity contribution is 0.0242. The highest BCUT2D eigenvalue weighted by Gasteiger charge is 2.28. The Bertz CT molecular complexity index is 1050. The third kappa shape index (κ3) is 4.04. The van der Waals surface area contributed by atoms with Crippen molar-refractivity contribution in [3.8, 4) is 22.3 Å². The van der Waals surface area contributed by atoms with Crippen molar-refractivity contribution < 1.29 is 9.53 Å². The van der Waals surface area contributed by atoms with Crippen LogP contribution in [-0.2, 0) is 17.8 Å². The molecule has 0 fully saturated rings. The number of hydrogen-bond donors (Lipinski definition) is 0. The highest BCUT2D eigenvalue weighted by Crippen LogP contribution is 2.34. The van der Waals surface area contributed by atoms with Gasteiger partial charge in [-0.2, -0.15) is 0 Å². The average molecular weight is 386 g/mol. The van der Waals surface area contributed by atoms with Crippen molar-refractivity contribution in [3.05, 3.63) is 83.4 Å². The van der Waals surface area contributed by atoms with E-state index in [0.717, 1.165) is 0 Å². The predicted octanol–water partition coefficient (Wildman–Crippen LogP) is 6.58. The first-order valence-corrected chi connectivity index (χ1v) is 10.1. The topological polar surface area (TPSA) is 29.5 Å². The molecule has 0 atom stereocenters. The van der Waals surface area contributed by atoms with E-state index in [4.69, 9.17) is 4.74 Å². The lowest BCUT2D eigenvalue weighted by Gasteiger charge is -2.24. The number of amides is 1. The zero-order chi connectivity index (χ0) is 20.6. The molecule has 0 spiro atoms. The third-order valence-electron chi connectivity index (χ3n) is 5.31. The highest BCUT2D eigenvalue weighted by atomic mass is 16.6. The summed E-state index contributed by atoms with van der Waals surface area (Å²) >= 11 is 0. The van der Waals surface area contributed by atoms with Gasteiger partial charge in [-0.3, -0.25) is 4.90 Å². The van der Waals surface area contributed by atoms with E-state index in [1.807, 2.05) is 26.8 Å². The average Bonchev–Trinajstić information content (AvgIpc) is 3.11. The van der Waals surface area contributed by atoms with Gasteiger partial charge in [0, 0.05) is 13.1 Å². The molecule has 0 saturated heterocycles. The van der Waals surface area contributed by atoms with Crippen LogP contribution in [0.15, 0.2) is 66.7 Å². The quantitative estimate of drug-likeness (QED) is 0.499. The van der Waals surface area contributed by atoms with Gasteiger partial charge in [-0.05, 0) is 72.7 Å². The Kier molecular flexibility index (Phi) is 4.91. The molecule has 0 N–H and O–H groups in total. The third-order valence-corrected chi connectivity index (χ3v) is 5.31. The number of benzene rings is 3. The van der Waals surface area contributed by atoms with E-state index in [1.165, 1.54) is 38.9 Å². The fourth-order valence-corrected chi connectivity index (χ4v) is 3.90. The molecule has 0 aliphatic carbocycles. The molecular formula is C26H27NO2. The lowest BCUT2D eigenvalue weighted by atomic mass is 9.91. The highest BCUT2D eigenvalue weighted by molar-refractivity contribution is 5.79.